The number of benzene rings is 1. The van der Waals surface area contributed by atoms with Gasteiger partial charge in [0, 0.05) is 39.8 Å². The summed E-state index contributed by atoms with van der Waals surface area (Å²) in [7, 11) is 1.64. The molecule has 1 N–H and O–H groups in total. The summed E-state index contributed by atoms with van der Waals surface area (Å²) < 4.78 is 15.2. The van der Waals surface area contributed by atoms with E-state index in [0.29, 0.717) is 59.6 Å². The zero-order chi connectivity index (χ0) is 22.1. The van der Waals surface area contributed by atoms with Gasteiger partial charge in [0.15, 0.2) is 0 Å². The number of nitrogens with zero attached hydrogens (tertiary/aromatic N) is 5. The lowest BCUT2D eigenvalue weighted by molar-refractivity contribution is 0.109. The van der Waals surface area contributed by atoms with E-state index in [1.54, 1.807) is 25.2 Å². The number of piperazine rings is 1. The van der Waals surface area contributed by atoms with E-state index in [0.717, 1.165) is 0 Å². The highest BCUT2D eigenvalue weighted by Crippen LogP contribution is 2.29. The molecular formula is C22H21BrFN5O2. The number of rotatable bonds is 4. The van der Waals surface area contributed by atoms with Crippen molar-refractivity contribution in [2.75, 3.05) is 37.6 Å². The fourth-order valence-electron chi connectivity index (χ4n) is 3.97. The van der Waals surface area contributed by atoms with Crippen LogP contribution in [0.2, 0.25) is 0 Å². The lowest BCUT2D eigenvalue weighted by atomic mass is 10.1. The maximum absolute atomic E-state index is 13.1. The normalized spacial score (nSPS) is 15.8. The van der Waals surface area contributed by atoms with E-state index in [4.69, 9.17) is 0 Å². The van der Waals surface area contributed by atoms with Crippen molar-refractivity contribution in [3.8, 4) is 6.07 Å². The molecule has 1 aliphatic rings. The average Bonchev–Trinajstić information content (AvgIpc) is 2.77. The van der Waals surface area contributed by atoms with Crippen LogP contribution >= 0.6 is 15.9 Å². The zero-order valence-corrected chi connectivity index (χ0v) is 18.5. The van der Waals surface area contributed by atoms with E-state index in [1.165, 1.54) is 16.7 Å². The summed E-state index contributed by atoms with van der Waals surface area (Å²) in [6.45, 7) is 2.88. The molecule has 1 aromatic carbocycles. The van der Waals surface area contributed by atoms with Gasteiger partial charge in [-0.15, -0.1) is 0 Å². The number of aromatic nitrogens is 2. The molecule has 0 radical (unpaired) electrons. The van der Waals surface area contributed by atoms with Gasteiger partial charge in [-0.2, -0.15) is 5.26 Å². The predicted octanol–water partition coefficient (Wildman–Crippen LogP) is 2.56. The van der Waals surface area contributed by atoms with E-state index in [-0.39, 0.29) is 16.9 Å². The van der Waals surface area contributed by atoms with Crippen LogP contribution in [0.4, 0.5) is 10.1 Å². The second-order valence-electron chi connectivity index (χ2n) is 7.56. The van der Waals surface area contributed by atoms with Crippen LogP contribution in [-0.2, 0) is 7.05 Å². The van der Waals surface area contributed by atoms with Gasteiger partial charge in [-0.25, -0.2) is 9.37 Å². The van der Waals surface area contributed by atoms with Crippen LogP contribution in [0.3, 0.4) is 0 Å². The molecule has 7 nitrogen and oxygen atoms in total. The summed E-state index contributed by atoms with van der Waals surface area (Å²) in [4.78, 5) is 21.4. The van der Waals surface area contributed by atoms with Gasteiger partial charge in [0.2, 0.25) is 0 Å². The highest BCUT2D eigenvalue weighted by atomic mass is 79.9. The van der Waals surface area contributed by atoms with Crippen LogP contribution in [0.5, 0.6) is 0 Å². The van der Waals surface area contributed by atoms with Crippen LogP contribution in [-0.4, -0.2) is 52.3 Å². The summed E-state index contributed by atoms with van der Waals surface area (Å²) in [5.41, 5.74) is 2.23. The Bertz CT molecular complexity index is 1210. The summed E-state index contributed by atoms with van der Waals surface area (Å²) in [6.07, 6.45) is -0.718. The van der Waals surface area contributed by atoms with Crippen LogP contribution in [0.15, 0.2) is 45.8 Å². The number of aryl methyl sites for hydroxylation is 1. The molecular weight excluding hydrogens is 465 g/mol. The van der Waals surface area contributed by atoms with E-state index in [1.807, 2.05) is 11.0 Å². The standard InChI is InChI=1S/C22H21BrFN5O2/c1-27-17-6-7-19(23)26-20(17)21(16(12-25)22(27)31)29-10-8-28(9-11-29)13-18(30)14-2-4-15(24)5-3-14/h2-7,18,30H,8-11,13H2,1H3/t18-/m0/s1. The van der Waals surface area contributed by atoms with E-state index >= 15 is 0 Å². The van der Waals surface area contributed by atoms with Gasteiger partial charge in [-0.3, -0.25) is 9.69 Å². The van der Waals surface area contributed by atoms with Gasteiger partial charge in [-0.1, -0.05) is 12.1 Å². The number of pyridine rings is 2. The molecule has 0 bridgehead atoms. The molecule has 2 aromatic heterocycles. The number of β-amino-alcohol motifs (C(OH)–C–C–N with tert-alkyl or cyclic N) is 1. The minimum atomic E-state index is -0.718. The monoisotopic (exact) mass is 485 g/mol. The van der Waals surface area contributed by atoms with Gasteiger partial charge in [-0.05, 0) is 45.8 Å². The number of hydrogen-bond acceptors (Lipinski definition) is 6. The second kappa shape index (κ2) is 8.75. The number of anilines is 1. The molecule has 1 atom stereocenters. The van der Waals surface area contributed by atoms with Crippen molar-refractivity contribution in [1.82, 2.24) is 14.5 Å². The highest BCUT2D eigenvalue weighted by molar-refractivity contribution is 9.10. The highest BCUT2D eigenvalue weighted by Gasteiger charge is 2.26. The molecule has 0 aliphatic carbocycles. The topological polar surface area (TPSA) is 85.4 Å². The quantitative estimate of drug-likeness (QED) is 0.571. The molecule has 1 saturated heterocycles. The number of aliphatic hydroxyl groups is 1. The van der Waals surface area contributed by atoms with Crippen LogP contribution in [0.25, 0.3) is 11.0 Å². The minimum Gasteiger partial charge on any atom is -0.387 e. The molecule has 9 heteroatoms. The van der Waals surface area contributed by atoms with Crippen molar-refractivity contribution in [3.63, 3.8) is 0 Å². The summed E-state index contributed by atoms with van der Waals surface area (Å²) in [5, 5.41) is 20.2. The summed E-state index contributed by atoms with van der Waals surface area (Å²) >= 11 is 3.38. The molecule has 0 saturated carbocycles. The van der Waals surface area contributed by atoms with Gasteiger partial charge in [0.1, 0.15) is 27.6 Å². The van der Waals surface area contributed by atoms with Crippen molar-refractivity contribution in [2.24, 2.45) is 7.05 Å². The zero-order valence-electron chi connectivity index (χ0n) is 16.9. The van der Waals surface area contributed by atoms with Crippen molar-refractivity contribution >= 4 is 32.7 Å². The lowest BCUT2D eigenvalue weighted by Gasteiger charge is -2.37. The Labute approximate surface area is 187 Å². The van der Waals surface area contributed by atoms with Crippen molar-refractivity contribution in [2.45, 2.75) is 6.10 Å². The summed E-state index contributed by atoms with van der Waals surface area (Å²) in [5.74, 6) is -0.334. The molecule has 3 heterocycles. The molecule has 4 rings (SSSR count). The number of fused-ring (bicyclic) bond motifs is 1. The van der Waals surface area contributed by atoms with Gasteiger partial charge >= 0.3 is 0 Å². The van der Waals surface area contributed by atoms with Crippen LogP contribution < -0.4 is 10.5 Å². The van der Waals surface area contributed by atoms with Crippen molar-refractivity contribution < 1.29 is 9.50 Å². The Morgan fingerprint density at radius 1 is 1.19 bits per heavy atom. The number of aliphatic hydroxyl groups excluding tert-OH is 1. The number of hydrogen-bond donors (Lipinski definition) is 1. The Balaban J connectivity index is 1.57. The minimum absolute atomic E-state index is 0.0837. The Kier molecular flexibility index (Phi) is 6.05. The first-order chi connectivity index (χ1) is 14.9. The number of nitriles is 1. The lowest BCUT2D eigenvalue weighted by Crippen LogP contribution is -2.48. The van der Waals surface area contributed by atoms with Crippen LogP contribution in [0.1, 0.15) is 17.2 Å². The number of halogens is 2. The third kappa shape index (κ3) is 4.19. The van der Waals surface area contributed by atoms with Gasteiger partial charge in [0.25, 0.3) is 5.56 Å². The largest absolute Gasteiger partial charge is 0.387 e. The smallest absolute Gasteiger partial charge is 0.270 e. The molecule has 0 amide bonds. The molecule has 160 valence electrons. The Morgan fingerprint density at radius 2 is 1.87 bits per heavy atom. The Hall–Kier alpha value is -2.80. The van der Waals surface area contributed by atoms with Gasteiger partial charge in [0.05, 0.1) is 17.3 Å². The molecule has 1 fully saturated rings. The maximum atomic E-state index is 13.1. The second-order valence-corrected chi connectivity index (χ2v) is 8.37. The fourth-order valence-corrected chi connectivity index (χ4v) is 4.28. The predicted molar refractivity (Wildman–Crippen MR) is 119 cm³/mol. The van der Waals surface area contributed by atoms with E-state index < -0.39 is 6.10 Å². The third-order valence-corrected chi connectivity index (χ3v) is 6.11. The summed E-state index contributed by atoms with van der Waals surface area (Å²) in [6, 6.07) is 11.5. The first kappa shape index (κ1) is 21.4. The first-order valence-electron chi connectivity index (χ1n) is 9.89. The SMILES string of the molecule is Cn1c(=O)c(C#N)c(N2CCN(C[C@H](O)c3ccc(F)cc3)CC2)c2nc(Br)ccc21. The van der Waals surface area contributed by atoms with E-state index in [2.05, 4.69) is 31.9 Å². The molecule has 0 spiro atoms. The first-order valence-corrected chi connectivity index (χ1v) is 10.7. The van der Waals surface area contributed by atoms with Gasteiger partial charge < -0.3 is 14.6 Å². The van der Waals surface area contributed by atoms with Crippen molar-refractivity contribution in [1.29, 1.82) is 5.26 Å². The third-order valence-electron chi connectivity index (χ3n) is 5.67. The molecule has 31 heavy (non-hydrogen) atoms. The molecule has 0 unspecified atom stereocenters. The van der Waals surface area contributed by atoms with E-state index in [9.17, 15) is 19.6 Å². The Morgan fingerprint density at radius 3 is 2.52 bits per heavy atom. The van der Waals surface area contributed by atoms with Crippen LogP contribution in [0, 0.1) is 17.1 Å². The van der Waals surface area contributed by atoms with Crippen molar-refractivity contribution in [3.05, 3.63) is 68.3 Å². The maximum Gasteiger partial charge on any atom is 0.270 e. The fraction of sp³-hybridized carbons (Fsp3) is 0.318. The molecule has 1 aliphatic heterocycles. The average molecular weight is 486 g/mol. The molecule has 3 aromatic rings.